The smallest absolute Gasteiger partial charge is 0.0724 e. The Morgan fingerprint density at radius 3 is 2.87 bits per heavy atom. The van der Waals surface area contributed by atoms with Crippen molar-refractivity contribution >= 4 is 22.3 Å². The van der Waals surface area contributed by atoms with Gasteiger partial charge in [0.25, 0.3) is 0 Å². The Morgan fingerprint density at radius 1 is 1.33 bits per heavy atom. The molecule has 78 valence electrons. The lowest BCUT2D eigenvalue weighted by Gasteiger charge is -2.19. The summed E-state index contributed by atoms with van der Waals surface area (Å²) in [4.78, 5) is 6.40. The number of nitrogens with zero attached hydrogens (tertiary/aromatic N) is 2. The Labute approximate surface area is 89.5 Å². The normalized spacial score (nSPS) is 10.5. The van der Waals surface area contributed by atoms with Crippen molar-refractivity contribution in [2.24, 2.45) is 0 Å². The number of pyridine rings is 1. The number of fused-ring (bicyclic) bond motifs is 1. The van der Waals surface area contributed by atoms with Crippen LogP contribution >= 0.6 is 0 Å². The predicted octanol–water partition coefficient (Wildman–Crippen LogP) is 2.27. The largest absolute Gasteiger partial charge is 0.396 e. The van der Waals surface area contributed by atoms with Gasteiger partial charge < -0.3 is 10.6 Å². The molecule has 1 heterocycles. The number of benzene rings is 1. The first kappa shape index (κ1) is 9.77. The van der Waals surface area contributed by atoms with Gasteiger partial charge in [-0.25, -0.2) is 0 Å². The summed E-state index contributed by atoms with van der Waals surface area (Å²) >= 11 is 0. The van der Waals surface area contributed by atoms with E-state index in [0.717, 1.165) is 28.8 Å². The van der Waals surface area contributed by atoms with Crippen LogP contribution in [0.1, 0.15) is 6.92 Å². The molecular weight excluding hydrogens is 186 g/mol. The third kappa shape index (κ3) is 1.61. The van der Waals surface area contributed by atoms with Crippen molar-refractivity contribution in [3.63, 3.8) is 0 Å². The Bertz CT molecular complexity index is 479. The van der Waals surface area contributed by atoms with Crippen molar-refractivity contribution in [1.29, 1.82) is 0 Å². The molecule has 0 atom stereocenters. The van der Waals surface area contributed by atoms with E-state index in [9.17, 15) is 0 Å². The first-order chi connectivity index (χ1) is 7.24. The molecule has 2 N–H and O–H groups in total. The van der Waals surface area contributed by atoms with Crippen LogP contribution < -0.4 is 10.6 Å². The van der Waals surface area contributed by atoms with Crippen molar-refractivity contribution in [2.75, 3.05) is 24.2 Å². The van der Waals surface area contributed by atoms with E-state index >= 15 is 0 Å². The second-order valence-electron chi connectivity index (χ2n) is 3.58. The molecule has 0 fully saturated rings. The van der Waals surface area contributed by atoms with Gasteiger partial charge in [0.05, 0.1) is 16.9 Å². The maximum Gasteiger partial charge on any atom is 0.0724 e. The van der Waals surface area contributed by atoms with Crippen LogP contribution in [0.15, 0.2) is 30.5 Å². The Hall–Kier alpha value is -1.77. The van der Waals surface area contributed by atoms with Crippen molar-refractivity contribution in [3.8, 4) is 0 Å². The molecule has 0 bridgehead atoms. The number of aromatic nitrogens is 1. The van der Waals surface area contributed by atoms with Crippen LogP contribution in [0.4, 0.5) is 11.4 Å². The molecule has 0 saturated carbocycles. The van der Waals surface area contributed by atoms with E-state index in [0.29, 0.717) is 0 Å². The first-order valence-corrected chi connectivity index (χ1v) is 5.08. The van der Waals surface area contributed by atoms with Gasteiger partial charge >= 0.3 is 0 Å². The highest BCUT2D eigenvalue weighted by Crippen LogP contribution is 2.29. The summed E-state index contributed by atoms with van der Waals surface area (Å²) in [6.07, 6.45) is 1.78. The molecule has 2 rings (SSSR count). The van der Waals surface area contributed by atoms with Gasteiger partial charge in [0.15, 0.2) is 0 Å². The molecule has 1 aromatic carbocycles. The molecule has 3 nitrogen and oxygen atoms in total. The summed E-state index contributed by atoms with van der Waals surface area (Å²) in [6.45, 7) is 3.04. The SMILES string of the molecule is CCN(C)c1ccc2ncccc2c1N. The number of anilines is 2. The van der Waals surface area contributed by atoms with Gasteiger partial charge in [-0.2, -0.15) is 0 Å². The van der Waals surface area contributed by atoms with Crippen LogP contribution in [0.25, 0.3) is 10.9 Å². The van der Waals surface area contributed by atoms with Crippen LogP contribution in [-0.2, 0) is 0 Å². The van der Waals surface area contributed by atoms with Crippen LogP contribution in [0.2, 0.25) is 0 Å². The zero-order valence-electron chi connectivity index (χ0n) is 9.07. The van der Waals surface area contributed by atoms with E-state index < -0.39 is 0 Å². The van der Waals surface area contributed by atoms with E-state index in [1.807, 2.05) is 31.3 Å². The summed E-state index contributed by atoms with van der Waals surface area (Å²) in [5.41, 5.74) is 8.94. The van der Waals surface area contributed by atoms with E-state index in [1.165, 1.54) is 0 Å². The van der Waals surface area contributed by atoms with Gasteiger partial charge in [-0.15, -0.1) is 0 Å². The third-order valence-corrected chi connectivity index (χ3v) is 2.69. The zero-order chi connectivity index (χ0) is 10.8. The summed E-state index contributed by atoms with van der Waals surface area (Å²) in [6, 6.07) is 7.94. The van der Waals surface area contributed by atoms with Crippen molar-refractivity contribution in [3.05, 3.63) is 30.5 Å². The Balaban J connectivity index is 2.65. The average molecular weight is 201 g/mol. The number of nitrogens with two attached hydrogens (primary N) is 1. The summed E-state index contributed by atoms with van der Waals surface area (Å²) in [5, 5.41) is 1.02. The quantitative estimate of drug-likeness (QED) is 0.758. The fraction of sp³-hybridized carbons (Fsp3) is 0.250. The molecule has 15 heavy (non-hydrogen) atoms. The Morgan fingerprint density at radius 2 is 2.13 bits per heavy atom. The fourth-order valence-corrected chi connectivity index (χ4v) is 1.67. The standard InChI is InChI=1S/C12H15N3/c1-3-15(2)11-7-6-10-9(12(11)13)5-4-8-14-10/h4-8H,3,13H2,1-2H3. The monoisotopic (exact) mass is 201 g/mol. The lowest BCUT2D eigenvalue weighted by atomic mass is 10.1. The second kappa shape index (κ2) is 3.77. The minimum atomic E-state index is 0.810. The third-order valence-electron chi connectivity index (χ3n) is 2.69. The van der Waals surface area contributed by atoms with Crippen LogP contribution in [-0.4, -0.2) is 18.6 Å². The van der Waals surface area contributed by atoms with Gasteiger partial charge in [-0.1, -0.05) is 0 Å². The number of hydrogen-bond donors (Lipinski definition) is 1. The van der Waals surface area contributed by atoms with Gasteiger partial charge in [-0.05, 0) is 31.2 Å². The van der Waals surface area contributed by atoms with Crippen LogP contribution in [0, 0.1) is 0 Å². The van der Waals surface area contributed by atoms with Crippen molar-refractivity contribution < 1.29 is 0 Å². The molecule has 0 unspecified atom stereocenters. The fourth-order valence-electron chi connectivity index (χ4n) is 1.67. The summed E-state index contributed by atoms with van der Waals surface area (Å²) in [7, 11) is 2.04. The van der Waals surface area contributed by atoms with E-state index in [-0.39, 0.29) is 0 Å². The molecule has 2 aromatic rings. The van der Waals surface area contributed by atoms with Crippen molar-refractivity contribution in [2.45, 2.75) is 6.92 Å². The Kier molecular flexibility index (Phi) is 2.46. The molecule has 0 aliphatic carbocycles. The molecule has 0 amide bonds. The van der Waals surface area contributed by atoms with Gasteiger partial charge in [-0.3, -0.25) is 4.98 Å². The predicted molar refractivity (Wildman–Crippen MR) is 65.1 cm³/mol. The highest BCUT2D eigenvalue weighted by atomic mass is 15.1. The topological polar surface area (TPSA) is 42.2 Å². The number of hydrogen-bond acceptors (Lipinski definition) is 3. The van der Waals surface area contributed by atoms with Crippen LogP contribution in [0.5, 0.6) is 0 Å². The molecule has 0 spiro atoms. The summed E-state index contributed by atoms with van der Waals surface area (Å²) in [5.74, 6) is 0. The average Bonchev–Trinajstić information content (AvgIpc) is 2.29. The number of nitrogen functional groups attached to an aromatic ring is 1. The number of rotatable bonds is 2. The van der Waals surface area contributed by atoms with Crippen molar-refractivity contribution in [1.82, 2.24) is 4.98 Å². The second-order valence-corrected chi connectivity index (χ2v) is 3.58. The van der Waals surface area contributed by atoms with Gasteiger partial charge in [0.1, 0.15) is 0 Å². The molecule has 1 aromatic heterocycles. The summed E-state index contributed by atoms with van der Waals surface area (Å²) < 4.78 is 0. The maximum atomic E-state index is 6.11. The lowest BCUT2D eigenvalue weighted by molar-refractivity contribution is 0.971. The van der Waals surface area contributed by atoms with E-state index in [4.69, 9.17) is 5.73 Å². The minimum Gasteiger partial charge on any atom is -0.396 e. The lowest BCUT2D eigenvalue weighted by Crippen LogP contribution is -2.17. The first-order valence-electron chi connectivity index (χ1n) is 5.08. The van der Waals surface area contributed by atoms with Crippen LogP contribution in [0.3, 0.4) is 0 Å². The molecule has 3 heteroatoms. The van der Waals surface area contributed by atoms with Gasteiger partial charge in [0, 0.05) is 25.2 Å². The van der Waals surface area contributed by atoms with E-state index in [1.54, 1.807) is 6.20 Å². The molecule has 0 aliphatic rings. The maximum absolute atomic E-state index is 6.11. The molecular formula is C12H15N3. The minimum absolute atomic E-state index is 0.810. The van der Waals surface area contributed by atoms with E-state index in [2.05, 4.69) is 16.8 Å². The highest BCUT2D eigenvalue weighted by molar-refractivity contribution is 5.97. The van der Waals surface area contributed by atoms with Gasteiger partial charge in [0.2, 0.25) is 0 Å². The molecule has 0 aliphatic heterocycles. The zero-order valence-corrected chi connectivity index (χ0v) is 9.07. The highest BCUT2D eigenvalue weighted by Gasteiger charge is 2.07. The molecule has 0 saturated heterocycles. The molecule has 0 radical (unpaired) electrons.